The van der Waals surface area contributed by atoms with Crippen LogP contribution in [-0.2, 0) is 16.0 Å². The zero-order valence-corrected chi connectivity index (χ0v) is 15.4. The number of amides is 2. The van der Waals surface area contributed by atoms with Crippen molar-refractivity contribution >= 4 is 39.3 Å². The molecule has 4 rings (SSSR count). The molecule has 0 aliphatic heterocycles. The van der Waals surface area contributed by atoms with Gasteiger partial charge in [-0.3, -0.25) is 14.6 Å². The second-order valence-electron chi connectivity index (χ2n) is 6.68. The molecular formula is C22H20N4O2. The number of nitrogens with zero attached hydrogens (tertiary/aromatic N) is 1. The third kappa shape index (κ3) is 3.57. The summed E-state index contributed by atoms with van der Waals surface area (Å²) in [6.07, 6.45) is 3.98. The Morgan fingerprint density at radius 1 is 1.04 bits per heavy atom. The van der Waals surface area contributed by atoms with Gasteiger partial charge in [-0.05, 0) is 35.9 Å². The molecular weight excluding hydrogens is 352 g/mol. The van der Waals surface area contributed by atoms with Gasteiger partial charge in [0, 0.05) is 42.0 Å². The largest absolute Gasteiger partial charge is 0.361 e. The van der Waals surface area contributed by atoms with Gasteiger partial charge in [-0.2, -0.15) is 0 Å². The average molecular weight is 372 g/mol. The Morgan fingerprint density at radius 2 is 1.86 bits per heavy atom. The number of para-hydroxylation sites is 1. The molecule has 3 N–H and O–H groups in total. The molecule has 0 spiro atoms. The normalized spacial score (nSPS) is 12.0. The minimum atomic E-state index is -0.691. The van der Waals surface area contributed by atoms with Gasteiger partial charge in [0.15, 0.2) is 0 Å². The number of benzene rings is 2. The summed E-state index contributed by atoms with van der Waals surface area (Å²) in [6, 6.07) is 16.5. The Balaban J connectivity index is 1.61. The van der Waals surface area contributed by atoms with E-state index in [1.165, 1.54) is 6.92 Å². The Bertz CT molecular complexity index is 1160. The second kappa shape index (κ2) is 7.52. The molecule has 140 valence electrons. The number of fused-ring (bicyclic) bond motifs is 2. The molecule has 2 amide bonds. The molecule has 1 atom stereocenters. The fourth-order valence-electron chi connectivity index (χ4n) is 3.41. The van der Waals surface area contributed by atoms with Crippen LogP contribution >= 0.6 is 0 Å². The number of carbonyl (C=O) groups excluding carboxylic acids is 2. The van der Waals surface area contributed by atoms with Crippen LogP contribution < -0.4 is 10.6 Å². The van der Waals surface area contributed by atoms with Gasteiger partial charge < -0.3 is 15.6 Å². The van der Waals surface area contributed by atoms with E-state index < -0.39 is 6.04 Å². The number of nitrogens with one attached hydrogen (secondary N) is 3. The highest BCUT2D eigenvalue weighted by Crippen LogP contribution is 2.23. The summed E-state index contributed by atoms with van der Waals surface area (Å²) in [6.45, 7) is 1.41. The number of hydrogen-bond acceptors (Lipinski definition) is 3. The van der Waals surface area contributed by atoms with Gasteiger partial charge in [-0.15, -0.1) is 0 Å². The Hall–Kier alpha value is -3.67. The van der Waals surface area contributed by atoms with Crippen molar-refractivity contribution in [2.45, 2.75) is 19.4 Å². The van der Waals surface area contributed by atoms with Crippen LogP contribution in [0, 0.1) is 0 Å². The predicted octanol–water partition coefficient (Wildman–Crippen LogP) is 3.40. The zero-order valence-electron chi connectivity index (χ0n) is 15.4. The lowest BCUT2D eigenvalue weighted by Gasteiger charge is -2.18. The Labute approximate surface area is 162 Å². The van der Waals surface area contributed by atoms with Crippen LogP contribution in [0.3, 0.4) is 0 Å². The summed E-state index contributed by atoms with van der Waals surface area (Å²) in [5, 5.41) is 7.61. The molecule has 4 aromatic rings. The number of aromatic amines is 1. The fraction of sp³-hybridized carbons (Fsp3) is 0.136. The maximum Gasteiger partial charge on any atom is 0.247 e. The van der Waals surface area contributed by atoms with Crippen molar-refractivity contribution in [2.24, 2.45) is 0 Å². The SMILES string of the molecule is CC(=O)NC(Cc1c[nH]c2ccccc12)C(=O)Nc1cccc2ncccc12. The van der Waals surface area contributed by atoms with Crippen LogP contribution in [0.1, 0.15) is 12.5 Å². The lowest BCUT2D eigenvalue weighted by Crippen LogP contribution is -2.44. The third-order valence-electron chi connectivity index (χ3n) is 4.70. The average Bonchev–Trinajstić information content (AvgIpc) is 3.10. The summed E-state index contributed by atoms with van der Waals surface area (Å²) in [4.78, 5) is 32.2. The van der Waals surface area contributed by atoms with Crippen LogP contribution in [0.2, 0.25) is 0 Å². The van der Waals surface area contributed by atoms with Gasteiger partial charge in [0.1, 0.15) is 6.04 Å². The van der Waals surface area contributed by atoms with E-state index in [1.807, 2.05) is 60.8 Å². The summed E-state index contributed by atoms with van der Waals surface area (Å²) in [5.41, 5.74) is 3.45. The summed E-state index contributed by atoms with van der Waals surface area (Å²) >= 11 is 0. The van der Waals surface area contributed by atoms with Crippen LogP contribution in [0.5, 0.6) is 0 Å². The van der Waals surface area contributed by atoms with E-state index >= 15 is 0 Å². The van der Waals surface area contributed by atoms with E-state index in [4.69, 9.17) is 0 Å². The molecule has 2 aromatic carbocycles. The molecule has 0 bridgehead atoms. The lowest BCUT2D eigenvalue weighted by molar-refractivity contribution is -0.125. The van der Waals surface area contributed by atoms with Crippen molar-refractivity contribution in [1.29, 1.82) is 0 Å². The number of hydrogen-bond donors (Lipinski definition) is 3. The molecule has 2 aromatic heterocycles. The van der Waals surface area contributed by atoms with E-state index in [1.54, 1.807) is 6.20 Å². The van der Waals surface area contributed by atoms with Crippen LogP contribution in [0.4, 0.5) is 5.69 Å². The Morgan fingerprint density at radius 3 is 2.71 bits per heavy atom. The molecule has 1 unspecified atom stereocenters. The second-order valence-corrected chi connectivity index (χ2v) is 6.68. The van der Waals surface area contributed by atoms with Crippen molar-refractivity contribution in [3.05, 3.63) is 72.6 Å². The summed E-state index contributed by atoms with van der Waals surface area (Å²) < 4.78 is 0. The highest BCUT2D eigenvalue weighted by atomic mass is 16.2. The number of rotatable bonds is 5. The standard InChI is InChI=1S/C22H20N4O2/c1-14(27)25-21(12-15-13-24-18-8-3-2-6-16(15)18)22(28)26-20-10-4-9-19-17(20)7-5-11-23-19/h2-11,13,21,24H,12H2,1H3,(H,25,27)(H,26,28). The lowest BCUT2D eigenvalue weighted by atomic mass is 10.0. The number of pyridine rings is 1. The van der Waals surface area contributed by atoms with Gasteiger partial charge in [0.25, 0.3) is 0 Å². The maximum absolute atomic E-state index is 13.0. The molecule has 6 nitrogen and oxygen atoms in total. The van der Waals surface area contributed by atoms with Gasteiger partial charge in [-0.25, -0.2) is 0 Å². The molecule has 2 heterocycles. The zero-order chi connectivity index (χ0) is 19.5. The number of H-pyrrole nitrogens is 1. The summed E-state index contributed by atoms with van der Waals surface area (Å²) in [5.74, 6) is -0.517. The highest BCUT2D eigenvalue weighted by Gasteiger charge is 2.22. The molecule has 0 saturated carbocycles. The monoisotopic (exact) mass is 372 g/mol. The minimum absolute atomic E-state index is 0.250. The maximum atomic E-state index is 13.0. The number of aromatic nitrogens is 2. The van der Waals surface area contributed by atoms with Crippen molar-refractivity contribution in [3.8, 4) is 0 Å². The van der Waals surface area contributed by atoms with Crippen molar-refractivity contribution in [2.75, 3.05) is 5.32 Å². The van der Waals surface area contributed by atoms with E-state index in [9.17, 15) is 9.59 Å². The first kappa shape index (κ1) is 17.7. The van der Waals surface area contributed by atoms with Gasteiger partial charge >= 0.3 is 0 Å². The van der Waals surface area contributed by atoms with Crippen molar-refractivity contribution in [1.82, 2.24) is 15.3 Å². The molecule has 0 radical (unpaired) electrons. The molecule has 0 saturated heterocycles. The van der Waals surface area contributed by atoms with Crippen LogP contribution in [-0.4, -0.2) is 27.8 Å². The quantitative estimate of drug-likeness (QED) is 0.502. The molecule has 6 heteroatoms. The number of anilines is 1. The molecule has 0 fully saturated rings. The van der Waals surface area contributed by atoms with E-state index in [-0.39, 0.29) is 11.8 Å². The fourth-order valence-corrected chi connectivity index (χ4v) is 3.41. The van der Waals surface area contributed by atoms with Crippen molar-refractivity contribution < 1.29 is 9.59 Å². The first-order valence-electron chi connectivity index (χ1n) is 9.08. The topological polar surface area (TPSA) is 86.9 Å². The molecule has 0 aliphatic carbocycles. The van der Waals surface area contributed by atoms with Gasteiger partial charge in [0.05, 0.1) is 11.2 Å². The first-order valence-corrected chi connectivity index (χ1v) is 9.08. The highest BCUT2D eigenvalue weighted by molar-refractivity contribution is 6.04. The van der Waals surface area contributed by atoms with Gasteiger partial charge in [0.2, 0.25) is 11.8 Å². The van der Waals surface area contributed by atoms with E-state index in [2.05, 4.69) is 20.6 Å². The van der Waals surface area contributed by atoms with E-state index in [0.717, 1.165) is 27.4 Å². The molecule has 28 heavy (non-hydrogen) atoms. The molecule has 0 aliphatic rings. The smallest absolute Gasteiger partial charge is 0.247 e. The van der Waals surface area contributed by atoms with Crippen LogP contribution in [0.25, 0.3) is 21.8 Å². The first-order chi connectivity index (χ1) is 13.6. The van der Waals surface area contributed by atoms with Crippen LogP contribution in [0.15, 0.2) is 67.0 Å². The van der Waals surface area contributed by atoms with Gasteiger partial charge in [-0.1, -0.05) is 24.3 Å². The predicted molar refractivity (Wildman–Crippen MR) is 110 cm³/mol. The van der Waals surface area contributed by atoms with E-state index in [0.29, 0.717) is 12.1 Å². The third-order valence-corrected chi connectivity index (χ3v) is 4.70. The minimum Gasteiger partial charge on any atom is -0.361 e. The van der Waals surface area contributed by atoms with Crippen molar-refractivity contribution in [3.63, 3.8) is 0 Å². The number of carbonyl (C=O) groups is 2. The summed E-state index contributed by atoms with van der Waals surface area (Å²) in [7, 11) is 0. The Kier molecular flexibility index (Phi) is 4.76.